The third kappa shape index (κ3) is 1.70. The molecule has 2 aromatic rings. The van der Waals surface area contributed by atoms with Crippen molar-refractivity contribution in [1.29, 1.82) is 0 Å². The second kappa shape index (κ2) is 3.97. The van der Waals surface area contributed by atoms with Gasteiger partial charge in [-0.15, -0.1) is 0 Å². The first kappa shape index (κ1) is 10.1. The van der Waals surface area contributed by atoms with Crippen molar-refractivity contribution in [2.45, 2.75) is 6.54 Å². The number of hydrogen-bond acceptors (Lipinski definition) is 4. The van der Waals surface area contributed by atoms with E-state index in [1.807, 2.05) is 0 Å². The standard InChI is InChI=1S/C9H8N4O3/c14-4-6-8(12-5-11-6)9-10-1-2-13(9)3-7(15)16/h1-2,4-5H,3H2,(H,11,12)(H,15,16). The van der Waals surface area contributed by atoms with Crippen LogP contribution < -0.4 is 0 Å². The van der Waals surface area contributed by atoms with Gasteiger partial charge in [0.2, 0.25) is 0 Å². The lowest BCUT2D eigenvalue weighted by molar-refractivity contribution is -0.137. The molecule has 16 heavy (non-hydrogen) atoms. The zero-order chi connectivity index (χ0) is 11.5. The van der Waals surface area contributed by atoms with Gasteiger partial charge in [-0.3, -0.25) is 9.59 Å². The van der Waals surface area contributed by atoms with Crippen LogP contribution >= 0.6 is 0 Å². The van der Waals surface area contributed by atoms with Crippen LogP contribution in [0, 0.1) is 0 Å². The number of nitrogens with one attached hydrogen (secondary N) is 1. The maximum Gasteiger partial charge on any atom is 0.323 e. The summed E-state index contributed by atoms with van der Waals surface area (Å²) < 4.78 is 1.41. The van der Waals surface area contributed by atoms with Gasteiger partial charge in [-0.25, -0.2) is 9.97 Å². The maximum absolute atomic E-state index is 10.7. The van der Waals surface area contributed by atoms with E-state index in [-0.39, 0.29) is 12.2 Å². The van der Waals surface area contributed by atoms with Gasteiger partial charge in [-0.1, -0.05) is 0 Å². The highest BCUT2D eigenvalue weighted by Gasteiger charge is 2.14. The molecule has 2 aromatic heterocycles. The van der Waals surface area contributed by atoms with Crippen molar-refractivity contribution in [1.82, 2.24) is 19.5 Å². The summed E-state index contributed by atoms with van der Waals surface area (Å²) in [5.41, 5.74) is 0.624. The summed E-state index contributed by atoms with van der Waals surface area (Å²) in [6.07, 6.45) is 4.95. The van der Waals surface area contributed by atoms with Gasteiger partial charge in [-0.2, -0.15) is 0 Å². The number of aromatic nitrogens is 4. The first-order chi connectivity index (χ1) is 7.72. The molecule has 2 rings (SSSR count). The number of carbonyl (C=O) groups excluding carboxylic acids is 1. The van der Waals surface area contributed by atoms with E-state index in [1.165, 1.54) is 23.3 Å². The monoisotopic (exact) mass is 220 g/mol. The van der Waals surface area contributed by atoms with E-state index in [1.54, 1.807) is 0 Å². The fourth-order valence-corrected chi connectivity index (χ4v) is 1.37. The predicted molar refractivity (Wildman–Crippen MR) is 52.8 cm³/mol. The number of aliphatic carboxylic acids is 1. The molecule has 0 bridgehead atoms. The molecule has 0 unspecified atom stereocenters. The van der Waals surface area contributed by atoms with E-state index in [4.69, 9.17) is 5.11 Å². The number of imidazole rings is 2. The fraction of sp³-hybridized carbons (Fsp3) is 0.111. The van der Waals surface area contributed by atoms with Gasteiger partial charge in [0, 0.05) is 12.4 Å². The van der Waals surface area contributed by atoms with Gasteiger partial charge >= 0.3 is 5.97 Å². The van der Waals surface area contributed by atoms with Crippen molar-refractivity contribution in [3.05, 3.63) is 24.4 Å². The van der Waals surface area contributed by atoms with Crippen molar-refractivity contribution < 1.29 is 14.7 Å². The Hall–Kier alpha value is -2.44. The van der Waals surface area contributed by atoms with Crippen LogP contribution in [0.15, 0.2) is 18.7 Å². The fourth-order valence-electron chi connectivity index (χ4n) is 1.37. The molecule has 7 nitrogen and oxygen atoms in total. The van der Waals surface area contributed by atoms with Crippen molar-refractivity contribution >= 4 is 12.3 Å². The quantitative estimate of drug-likeness (QED) is 0.715. The summed E-state index contributed by atoms with van der Waals surface area (Å²) in [4.78, 5) is 31.8. The average molecular weight is 220 g/mol. The molecule has 0 atom stereocenters. The van der Waals surface area contributed by atoms with Gasteiger partial charge in [0.1, 0.15) is 17.9 Å². The van der Waals surface area contributed by atoms with Gasteiger partial charge in [0.25, 0.3) is 0 Å². The highest BCUT2D eigenvalue weighted by molar-refractivity contribution is 5.81. The molecule has 0 aliphatic rings. The summed E-state index contributed by atoms with van der Waals surface area (Å²) in [6.45, 7) is -0.222. The highest BCUT2D eigenvalue weighted by atomic mass is 16.4. The Morgan fingerprint density at radius 3 is 3.06 bits per heavy atom. The summed E-state index contributed by atoms with van der Waals surface area (Å²) in [5, 5.41) is 8.69. The van der Waals surface area contributed by atoms with Gasteiger partial charge < -0.3 is 14.7 Å². The van der Waals surface area contributed by atoms with Crippen molar-refractivity contribution in [2.24, 2.45) is 0 Å². The van der Waals surface area contributed by atoms with Crippen LogP contribution in [0.2, 0.25) is 0 Å². The number of hydrogen-bond donors (Lipinski definition) is 2. The summed E-state index contributed by atoms with van der Waals surface area (Å²) in [7, 11) is 0. The molecule has 0 saturated carbocycles. The molecular formula is C9H8N4O3. The predicted octanol–water partition coefficient (Wildman–Crippen LogP) is 0.170. The van der Waals surface area contributed by atoms with E-state index in [2.05, 4.69) is 15.0 Å². The van der Waals surface area contributed by atoms with Gasteiger partial charge in [-0.05, 0) is 0 Å². The molecule has 0 aliphatic heterocycles. The van der Waals surface area contributed by atoms with Crippen LogP contribution in [0.5, 0.6) is 0 Å². The molecule has 0 radical (unpaired) electrons. The largest absolute Gasteiger partial charge is 0.480 e. The van der Waals surface area contributed by atoms with Crippen molar-refractivity contribution in [2.75, 3.05) is 0 Å². The Bertz CT molecular complexity index is 528. The molecule has 0 fully saturated rings. The van der Waals surface area contributed by atoms with Crippen LogP contribution in [-0.4, -0.2) is 36.9 Å². The molecule has 2 N–H and O–H groups in total. The molecule has 0 spiro atoms. The SMILES string of the molecule is O=Cc1[nH]cnc1-c1nccn1CC(=O)O. The minimum Gasteiger partial charge on any atom is -0.480 e. The third-order valence-electron chi connectivity index (χ3n) is 2.02. The number of carboxylic acids is 1. The van der Waals surface area contributed by atoms with E-state index in [0.717, 1.165) is 0 Å². The Morgan fingerprint density at radius 1 is 1.56 bits per heavy atom. The Kier molecular flexibility index (Phi) is 2.50. The first-order valence-corrected chi connectivity index (χ1v) is 4.44. The Balaban J connectivity index is 2.44. The molecule has 7 heteroatoms. The van der Waals surface area contributed by atoms with E-state index in [0.29, 0.717) is 17.8 Å². The number of aldehydes is 1. The van der Waals surface area contributed by atoms with Crippen LogP contribution in [-0.2, 0) is 11.3 Å². The second-order valence-electron chi connectivity index (χ2n) is 3.06. The highest BCUT2D eigenvalue weighted by Crippen LogP contribution is 2.16. The number of carboxylic acid groups (broad SMARTS) is 1. The molecule has 0 aliphatic carbocycles. The van der Waals surface area contributed by atoms with E-state index < -0.39 is 5.97 Å². The molecule has 82 valence electrons. The first-order valence-electron chi connectivity index (χ1n) is 4.44. The molecule has 0 saturated heterocycles. The smallest absolute Gasteiger partial charge is 0.323 e. The lowest BCUT2D eigenvalue weighted by atomic mass is 10.3. The number of aromatic amines is 1. The molecular weight excluding hydrogens is 212 g/mol. The van der Waals surface area contributed by atoms with E-state index in [9.17, 15) is 9.59 Å². The van der Waals surface area contributed by atoms with Crippen LogP contribution in [0.1, 0.15) is 10.5 Å². The van der Waals surface area contributed by atoms with Gasteiger partial charge in [0.05, 0.1) is 6.33 Å². The number of carbonyl (C=O) groups is 2. The van der Waals surface area contributed by atoms with Crippen LogP contribution in [0.3, 0.4) is 0 Å². The zero-order valence-electron chi connectivity index (χ0n) is 8.12. The summed E-state index contributed by atoms with van der Waals surface area (Å²) >= 11 is 0. The number of rotatable bonds is 4. The molecule has 0 aromatic carbocycles. The summed E-state index contributed by atoms with van der Waals surface area (Å²) in [6, 6.07) is 0. The number of H-pyrrole nitrogens is 1. The Labute approximate surface area is 89.8 Å². The summed E-state index contributed by atoms with van der Waals surface area (Å²) in [5.74, 6) is -0.631. The van der Waals surface area contributed by atoms with Crippen molar-refractivity contribution in [3.8, 4) is 11.5 Å². The Morgan fingerprint density at radius 2 is 2.38 bits per heavy atom. The second-order valence-corrected chi connectivity index (χ2v) is 3.06. The van der Waals surface area contributed by atoms with Crippen molar-refractivity contribution in [3.63, 3.8) is 0 Å². The van der Waals surface area contributed by atoms with Gasteiger partial charge in [0.15, 0.2) is 12.1 Å². The minimum atomic E-state index is -0.984. The van der Waals surface area contributed by atoms with E-state index >= 15 is 0 Å². The zero-order valence-corrected chi connectivity index (χ0v) is 8.12. The van der Waals surface area contributed by atoms with Crippen LogP contribution in [0.25, 0.3) is 11.5 Å². The number of nitrogens with zero attached hydrogens (tertiary/aromatic N) is 3. The normalized spacial score (nSPS) is 10.2. The minimum absolute atomic E-state index is 0.222. The molecule has 0 amide bonds. The lowest BCUT2D eigenvalue weighted by Crippen LogP contribution is -2.09. The topological polar surface area (TPSA) is 101 Å². The third-order valence-corrected chi connectivity index (χ3v) is 2.02. The maximum atomic E-state index is 10.7. The average Bonchev–Trinajstić information content (AvgIpc) is 2.83. The van der Waals surface area contributed by atoms with Crippen LogP contribution in [0.4, 0.5) is 0 Å². The lowest BCUT2D eigenvalue weighted by Gasteiger charge is -2.02. The molecule has 2 heterocycles.